The Hall–Kier alpha value is -0.0452. The summed E-state index contributed by atoms with van der Waals surface area (Å²) in [6.45, 7) is 25.5. The Kier molecular flexibility index (Phi) is 15.0. The quantitative estimate of drug-likeness (QED) is 0.442. The van der Waals surface area contributed by atoms with Crippen LogP contribution in [0.2, 0.25) is 19.5 Å². The summed E-state index contributed by atoms with van der Waals surface area (Å²) in [5.41, 5.74) is 0. The molecular weight excluding hydrogens is 429 g/mol. The van der Waals surface area contributed by atoms with E-state index in [9.17, 15) is 0 Å². The van der Waals surface area contributed by atoms with Crippen LogP contribution in [0, 0.1) is 17.8 Å². The zero-order valence-electron chi connectivity index (χ0n) is 24.2. The maximum Gasteiger partial charge on any atom is 0.456 e. The average Bonchev–Trinajstić information content (AvgIpc) is 2.81. The molecule has 3 saturated heterocycles. The van der Waals surface area contributed by atoms with Gasteiger partial charge in [0, 0.05) is 54.4 Å². The Morgan fingerprint density at radius 2 is 0.824 bits per heavy atom. The fraction of sp³-hybridized carbons (Fsp3) is 1.00. The van der Waals surface area contributed by atoms with Crippen molar-refractivity contribution in [2.45, 2.75) is 145 Å². The van der Waals surface area contributed by atoms with Crippen LogP contribution in [-0.2, 0) is 27.9 Å². The highest BCUT2D eigenvalue weighted by molar-refractivity contribution is 6.44. The molecule has 34 heavy (non-hydrogen) atoms. The first kappa shape index (κ1) is 32.0. The lowest BCUT2D eigenvalue weighted by atomic mass is 9.80. The zero-order chi connectivity index (χ0) is 26.0. The molecule has 0 amide bonds. The SMILES string of the molecule is CCB1OC(C)C(C)C(C)O1.CCB1OC(C)C(C)C(CC)O1.CCC1OB(C)OC(C)C1C. The molecule has 0 bridgehead atoms. The van der Waals surface area contributed by atoms with Gasteiger partial charge in [0.15, 0.2) is 0 Å². The molecule has 9 heteroatoms. The second-order valence-corrected chi connectivity index (χ2v) is 10.4. The van der Waals surface area contributed by atoms with Crippen LogP contribution in [0.15, 0.2) is 0 Å². The van der Waals surface area contributed by atoms with E-state index in [0.717, 1.165) is 25.5 Å². The Morgan fingerprint density at radius 3 is 1.24 bits per heavy atom. The zero-order valence-corrected chi connectivity index (χ0v) is 24.2. The van der Waals surface area contributed by atoms with Crippen LogP contribution in [0.25, 0.3) is 0 Å². The van der Waals surface area contributed by atoms with Crippen molar-refractivity contribution < 1.29 is 27.9 Å². The lowest BCUT2D eigenvalue weighted by molar-refractivity contribution is -0.0252. The fourth-order valence-electron chi connectivity index (χ4n) is 4.61. The van der Waals surface area contributed by atoms with Gasteiger partial charge in [0.25, 0.3) is 0 Å². The predicted molar refractivity (Wildman–Crippen MR) is 144 cm³/mol. The second kappa shape index (κ2) is 15.9. The Morgan fingerprint density at radius 1 is 0.471 bits per heavy atom. The van der Waals surface area contributed by atoms with E-state index in [1.54, 1.807) is 0 Å². The third kappa shape index (κ3) is 9.78. The van der Waals surface area contributed by atoms with Gasteiger partial charge in [-0.2, -0.15) is 0 Å². The summed E-state index contributed by atoms with van der Waals surface area (Å²) in [6.07, 6.45) is 6.19. The summed E-state index contributed by atoms with van der Waals surface area (Å²) in [4.78, 5) is 0. The van der Waals surface area contributed by atoms with Crippen LogP contribution in [-0.4, -0.2) is 58.0 Å². The van der Waals surface area contributed by atoms with E-state index in [1.807, 2.05) is 6.82 Å². The van der Waals surface area contributed by atoms with Gasteiger partial charge in [-0.25, -0.2) is 0 Å². The largest absolute Gasteiger partial charge is 0.456 e. The van der Waals surface area contributed by atoms with Gasteiger partial charge in [0.2, 0.25) is 0 Å². The summed E-state index contributed by atoms with van der Waals surface area (Å²) in [5, 5.41) is 0. The van der Waals surface area contributed by atoms with Crippen LogP contribution in [0.3, 0.4) is 0 Å². The van der Waals surface area contributed by atoms with Gasteiger partial charge in [0.05, 0.1) is 0 Å². The molecular formula is C25H53B3O6. The molecule has 3 heterocycles. The van der Waals surface area contributed by atoms with Crippen LogP contribution < -0.4 is 0 Å². The van der Waals surface area contributed by atoms with Crippen molar-refractivity contribution in [1.29, 1.82) is 0 Å². The average molecular weight is 482 g/mol. The normalized spacial score (nSPS) is 38.5. The molecule has 198 valence electrons. The van der Waals surface area contributed by atoms with Gasteiger partial charge in [-0.1, -0.05) is 48.5 Å². The van der Waals surface area contributed by atoms with Gasteiger partial charge in [-0.3, -0.25) is 0 Å². The van der Waals surface area contributed by atoms with Gasteiger partial charge in [-0.15, -0.1) is 0 Å². The predicted octanol–water partition coefficient (Wildman–Crippen LogP) is 6.25. The van der Waals surface area contributed by atoms with Gasteiger partial charge in [-0.05, 0) is 60.0 Å². The van der Waals surface area contributed by atoms with Crippen LogP contribution in [0.5, 0.6) is 0 Å². The molecule has 8 unspecified atom stereocenters. The van der Waals surface area contributed by atoms with Crippen molar-refractivity contribution in [3.8, 4) is 0 Å². The number of rotatable bonds is 4. The fourth-order valence-corrected chi connectivity index (χ4v) is 4.61. The van der Waals surface area contributed by atoms with E-state index >= 15 is 0 Å². The van der Waals surface area contributed by atoms with Gasteiger partial charge < -0.3 is 27.9 Å². The van der Waals surface area contributed by atoms with Gasteiger partial charge >= 0.3 is 21.4 Å². The molecule has 6 nitrogen and oxygen atoms in total. The molecule has 0 N–H and O–H groups in total. The molecule has 3 fully saturated rings. The smallest absolute Gasteiger partial charge is 0.408 e. The van der Waals surface area contributed by atoms with Crippen molar-refractivity contribution >= 4 is 21.4 Å². The van der Waals surface area contributed by atoms with Crippen molar-refractivity contribution in [2.75, 3.05) is 0 Å². The third-order valence-corrected chi connectivity index (χ3v) is 7.80. The highest BCUT2D eigenvalue weighted by atomic mass is 16.6. The minimum Gasteiger partial charge on any atom is -0.408 e. The lowest BCUT2D eigenvalue weighted by Gasteiger charge is -2.37. The van der Waals surface area contributed by atoms with Crippen molar-refractivity contribution in [2.24, 2.45) is 17.8 Å². The molecule has 0 radical (unpaired) electrons. The van der Waals surface area contributed by atoms with Gasteiger partial charge in [0.1, 0.15) is 0 Å². The molecule has 0 spiro atoms. The number of hydrogen-bond donors (Lipinski definition) is 0. The molecule has 8 atom stereocenters. The number of hydrogen-bond acceptors (Lipinski definition) is 6. The Balaban J connectivity index is 0.000000255. The van der Waals surface area contributed by atoms with Crippen molar-refractivity contribution in [3.63, 3.8) is 0 Å². The molecule has 0 aromatic heterocycles. The van der Waals surface area contributed by atoms with Crippen LogP contribution >= 0.6 is 0 Å². The lowest BCUT2D eigenvalue weighted by Crippen LogP contribution is -2.45. The molecule has 3 aliphatic heterocycles. The minimum absolute atomic E-state index is 0.0221. The molecule has 0 aromatic carbocycles. The van der Waals surface area contributed by atoms with Crippen molar-refractivity contribution in [3.05, 3.63) is 0 Å². The third-order valence-electron chi connectivity index (χ3n) is 7.80. The summed E-state index contributed by atoms with van der Waals surface area (Å²) < 4.78 is 33.7. The summed E-state index contributed by atoms with van der Waals surface area (Å²) in [7, 11) is 0.0310. The minimum atomic E-state index is -0.0221. The van der Waals surface area contributed by atoms with Crippen molar-refractivity contribution in [1.82, 2.24) is 0 Å². The maximum atomic E-state index is 5.75. The highest BCUT2D eigenvalue weighted by Gasteiger charge is 2.36. The topological polar surface area (TPSA) is 55.4 Å². The molecule has 0 aliphatic carbocycles. The summed E-state index contributed by atoms with van der Waals surface area (Å²) >= 11 is 0. The summed E-state index contributed by atoms with van der Waals surface area (Å²) in [5.74, 6) is 1.56. The van der Waals surface area contributed by atoms with Crippen LogP contribution in [0.4, 0.5) is 0 Å². The molecule has 0 saturated carbocycles. The summed E-state index contributed by atoms with van der Waals surface area (Å²) in [6, 6.07) is 0. The maximum absolute atomic E-state index is 5.75. The first-order valence-electron chi connectivity index (χ1n) is 13.9. The van der Waals surface area contributed by atoms with E-state index in [-0.39, 0.29) is 21.4 Å². The molecule has 3 rings (SSSR count). The second-order valence-electron chi connectivity index (χ2n) is 10.4. The first-order valence-corrected chi connectivity index (χ1v) is 13.9. The van der Waals surface area contributed by atoms with E-state index in [1.165, 1.54) is 0 Å². The van der Waals surface area contributed by atoms with E-state index in [4.69, 9.17) is 27.9 Å². The van der Waals surface area contributed by atoms with Crippen LogP contribution in [0.1, 0.15) is 89.0 Å². The van der Waals surface area contributed by atoms with E-state index < -0.39 is 0 Å². The molecule has 3 aliphatic rings. The molecule has 0 aromatic rings. The van der Waals surface area contributed by atoms with E-state index in [2.05, 4.69) is 76.2 Å². The monoisotopic (exact) mass is 482 g/mol. The van der Waals surface area contributed by atoms with E-state index in [0.29, 0.717) is 54.4 Å². The first-order chi connectivity index (χ1) is 16.0. The highest BCUT2D eigenvalue weighted by Crippen LogP contribution is 2.26. The Labute approximate surface area is 212 Å². The standard InChI is InChI=1S/C9H19BO2.2C8H17BO2/c1-5-9-7(3)8(4)11-10(6-2)12-9;1-5-8-6(2)7(3)10-9(4)11-8;1-5-9-10-7(3)6(2)8(4)11-9/h7-9H,5-6H2,1-4H3;2*6-8H,5H2,1-4H3. The Bertz CT molecular complexity index is 533.